The predicted octanol–water partition coefficient (Wildman–Crippen LogP) is 2.74. The lowest BCUT2D eigenvalue weighted by molar-refractivity contribution is -0.116. The molecule has 6 heteroatoms. The van der Waals surface area contributed by atoms with Gasteiger partial charge in [0.05, 0.1) is 10.6 Å². The highest BCUT2D eigenvalue weighted by atomic mass is 35.5. The molecule has 1 aromatic rings. The molecule has 4 N–H and O–H groups in total. The van der Waals surface area contributed by atoms with Crippen LogP contribution in [-0.4, -0.2) is 23.5 Å². The van der Waals surface area contributed by atoms with Crippen LogP contribution in [0.3, 0.4) is 0 Å². The molecular formula is C14H19ClN2O3. The molecule has 5 nitrogen and oxygen atoms in total. The summed E-state index contributed by atoms with van der Waals surface area (Å²) in [4.78, 5) is 22.7. The van der Waals surface area contributed by atoms with Crippen LogP contribution in [0.5, 0.6) is 0 Å². The number of carboxylic acid groups (broad SMARTS) is 1. The number of hydrogen-bond donors (Lipinski definition) is 3. The second-order valence-electron chi connectivity index (χ2n) is 4.77. The van der Waals surface area contributed by atoms with Gasteiger partial charge in [0.1, 0.15) is 0 Å². The number of anilines is 1. The van der Waals surface area contributed by atoms with Gasteiger partial charge < -0.3 is 16.2 Å². The predicted molar refractivity (Wildman–Crippen MR) is 79.1 cm³/mol. The number of carboxylic acids is 1. The van der Waals surface area contributed by atoms with Crippen molar-refractivity contribution in [2.45, 2.75) is 26.2 Å². The molecule has 0 fully saturated rings. The average molecular weight is 299 g/mol. The highest BCUT2D eigenvalue weighted by Gasteiger charge is 2.11. The van der Waals surface area contributed by atoms with E-state index in [-0.39, 0.29) is 16.5 Å². The molecular weight excluding hydrogens is 280 g/mol. The molecule has 1 unspecified atom stereocenters. The molecule has 0 spiro atoms. The molecule has 0 saturated carbocycles. The van der Waals surface area contributed by atoms with E-state index in [1.807, 2.05) is 6.92 Å². The van der Waals surface area contributed by atoms with Crippen LogP contribution in [0.4, 0.5) is 5.69 Å². The molecule has 0 bridgehead atoms. The molecule has 0 aliphatic carbocycles. The average Bonchev–Trinajstić information content (AvgIpc) is 2.39. The van der Waals surface area contributed by atoms with Crippen molar-refractivity contribution in [3.8, 4) is 0 Å². The van der Waals surface area contributed by atoms with Crippen LogP contribution in [-0.2, 0) is 4.79 Å². The van der Waals surface area contributed by atoms with Gasteiger partial charge in [-0.05, 0) is 43.5 Å². The zero-order valence-corrected chi connectivity index (χ0v) is 12.1. The lowest BCUT2D eigenvalue weighted by atomic mass is 10.0. The molecule has 110 valence electrons. The van der Waals surface area contributed by atoms with Crippen LogP contribution < -0.4 is 11.1 Å². The molecule has 1 amide bonds. The van der Waals surface area contributed by atoms with Gasteiger partial charge in [0.15, 0.2) is 0 Å². The van der Waals surface area contributed by atoms with Crippen molar-refractivity contribution < 1.29 is 14.7 Å². The lowest BCUT2D eigenvalue weighted by Crippen LogP contribution is -2.14. The first-order valence-electron chi connectivity index (χ1n) is 6.46. The number of nitrogens with one attached hydrogen (secondary N) is 1. The summed E-state index contributed by atoms with van der Waals surface area (Å²) in [5, 5.41) is 11.8. The minimum absolute atomic E-state index is 0.0269. The Bertz CT molecular complexity index is 491. The SMILES string of the molecule is CC(CCN)CCC(=O)Nc1ccc(Cl)c(C(=O)O)c1. The lowest BCUT2D eigenvalue weighted by Gasteiger charge is -2.10. The fourth-order valence-corrected chi connectivity index (χ4v) is 2.00. The van der Waals surface area contributed by atoms with Gasteiger partial charge in [0.2, 0.25) is 5.91 Å². The van der Waals surface area contributed by atoms with Gasteiger partial charge >= 0.3 is 5.97 Å². The largest absolute Gasteiger partial charge is 0.478 e. The van der Waals surface area contributed by atoms with Gasteiger partial charge in [-0.25, -0.2) is 4.79 Å². The maximum Gasteiger partial charge on any atom is 0.337 e. The first kappa shape index (κ1) is 16.5. The van der Waals surface area contributed by atoms with Gasteiger partial charge in [-0.1, -0.05) is 18.5 Å². The van der Waals surface area contributed by atoms with Crippen LogP contribution in [0.15, 0.2) is 18.2 Å². The Morgan fingerprint density at radius 3 is 2.70 bits per heavy atom. The Morgan fingerprint density at radius 2 is 2.10 bits per heavy atom. The van der Waals surface area contributed by atoms with E-state index < -0.39 is 5.97 Å². The number of rotatable bonds is 7. The molecule has 20 heavy (non-hydrogen) atoms. The van der Waals surface area contributed by atoms with E-state index in [0.717, 1.165) is 12.8 Å². The van der Waals surface area contributed by atoms with E-state index in [9.17, 15) is 9.59 Å². The molecule has 1 aromatic carbocycles. The van der Waals surface area contributed by atoms with Crippen LogP contribution in [0.2, 0.25) is 5.02 Å². The quantitative estimate of drug-likeness (QED) is 0.721. The van der Waals surface area contributed by atoms with E-state index in [1.54, 1.807) is 6.07 Å². The highest BCUT2D eigenvalue weighted by Crippen LogP contribution is 2.21. The monoisotopic (exact) mass is 298 g/mol. The standard InChI is InChI=1S/C14H19ClN2O3/c1-9(6-7-16)2-5-13(18)17-10-3-4-12(15)11(8-10)14(19)20/h3-4,8-9H,2,5-7,16H2,1H3,(H,17,18)(H,19,20). The van der Waals surface area contributed by atoms with Crippen molar-refractivity contribution in [2.75, 3.05) is 11.9 Å². The fourth-order valence-electron chi connectivity index (χ4n) is 1.80. The maximum absolute atomic E-state index is 11.8. The number of benzene rings is 1. The summed E-state index contributed by atoms with van der Waals surface area (Å²) in [6, 6.07) is 4.39. The minimum atomic E-state index is -1.12. The summed E-state index contributed by atoms with van der Waals surface area (Å²) in [7, 11) is 0. The molecule has 0 radical (unpaired) electrons. The number of aromatic carboxylic acids is 1. The second kappa shape index (κ2) is 7.87. The Kier molecular flexibility index (Phi) is 6.48. The number of amides is 1. The summed E-state index contributed by atoms with van der Waals surface area (Å²) >= 11 is 5.76. The van der Waals surface area contributed by atoms with Crippen molar-refractivity contribution in [1.29, 1.82) is 0 Å². The van der Waals surface area contributed by atoms with Crippen molar-refractivity contribution in [3.05, 3.63) is 28.8 Å². The van der Waals surface area contributed by atoms with Gasteiger partial charge in [-0.2, -0.15) is 0 Å². The van der Waals surface area contributed by atoms with Crippen LogP contribution in [0.1, 0.15) is 36.5 Å². The Morgan fingerprint density at radius 1 is 1.40 bits per heavy atom. The third-order valence-corrected chi connectivity index (χ3v) is 3.33. The first-order chi connectivity index (χ1) is 9.43. The van der Waals surface area contributed by atoms with Gasteiger partial charge in [0.25, 0.3) is 0 Å². The summed E-state index contributed by atoms with van der Waals surface area (Å²) in [6.45, 7) is 2.66. The van der Waals surface area contributed by atoms with E-state index in [0.29, 0.717) is 24.6 Å². The normalized spacial score (nSPS) is 11.9. The number of hydrogen-bond acceptors (Lipinski definition) is 3. The summed E-state index contributed by atoms with van der Waals surface area (Å²) < 4.78 is 0. The number of halogens is 1. The molecule has 0 saturated heterocycles. The van der Waals surface area contributed by atoms with Crippen LogP contribution in [0.25, 0.3) is 0 Å². The van der Waals surface area contributed by atoms with Gasteiger partial charge in [0, 0.05) is 12.1 Å². The minimum Gasteiger partial charge on any atom is -0.478 e. The van der Waals surface area contributed by atoms with E-state index in [2.05, 4.69) is 5.32 Å². The maximum atomic E-state index is 11.8. The second-order valence-corrected chi connectivity index (χ2v) is 5.18. The van der Waals surface area contributed by atoms with Gasteiger partial charge in [-0.15, -0.1) is 0 Å². The topological polar surface area (TPSA) is 92.4 Å². The molecule has 0 aliphatic heterocycles. The van der Waals surface area contributed by atoms with E-state index in [1.165, 1.54) is 12.1 Å². The molecule has 0 heterocycles. The van der Waals surface area contributed by atoms with Crippen molar-refractivity contribution in [1.82, 2.24) is 0 Å². The van der Waals surface area contributed by atoms with Crippen molar-refractivity contribution in [2.24, 2.45) is 11.7 Å². The summed E-state index contributed by atoms with van der Waals surface area (Å²) in [5.74, 6) is -0.874. The summed E-state index contributed by atoms with van der Waals surface area (Å²) in [5.41, 5.74) is 5.86. The molecule has 0 aliphatic rings. The summed E-state index contributed by atoms with van der Waals surface area (Å²) in [6.07, 6.45) is 2.02. The Hall–Kier alpha value is -1.59. The fraction of sp³-hybridized carbons (Fsp3) is 0.429. The molecule has 1 rings (SSSR count). The number of nitrogens with two attached hydrogens (primary N) is 1. The zero-order chi connectivity index (χ0) is 15.1. The van der Waals surface area contributed by atoms with Crippen molar-refractivity contribution in [3.63, 3.8) is 0 Å². The highest BCUT2D eigenvalue weighted by molar-refractivity contribution is 6.33. The van der Waals surface area contributed by atoms with Crippen LogP contribution in [0, 0.1) is 5.92 Å². The third-order valence-electron chi connectivity index (χ3n) is 3.00. The first-order valence-corrected chi connectivity index (χ1v) is 6.84. The van der Waals surface area contributed by atoms with Crippen molar-refractivity contribution >= 4 is 29.2 Å². The smallest absolute Gasteiger partial charge is 0.337 e. The number of carbonyl (C=O) groups is 2. The zero-order valence-electron chi connectivity index (χ0n) is 11.4. The molecule has 1 atom stereocenters. The Balaban J connectivity index is 2.58. The van der Waals surface area contributed by atoms with Gasteiger partial charge in [-0.3, -0.25) is 4.79 Å². The molecule has 0 aromatic heterocycles. The van der Waals surface area contributed by atoms with E-state index >= 15 is 0 Å². The number of carbonyl (C=O) groups excluding carboxylic acids is 1. The van der Waals surface area contributed by atoms with E-state index in [4.69, 9.17) is 22.4 Å². The third kappa shape index (κ3) is 5.19. The van der Waals surface area contributed by atoms with Crippen LogP contribution >= 0.6 is 11.6 Å². The Labute approximate surface area is 123 Å².